The number of hydrogen-bond acceptors (Lipinski definition) is 3. The summed E-state index contributed by atoms with van der Waals surface area (Å²) in [7, 11) is 0. The van der Waals surface area contributed by atoms with Gasteiger partial charge in [-0.15, -0.1) is 0 Å². The smallest absolute Gasteiger partial charge is 0.306 e. The van der Waals surface area contributed by atoms with E-state index in [1.165, 1.54) is 0 Å². The summed E-state index contributed by atoms with van der Waals surface area (Å²) in [5.74, 6) is 0.271. The predicted molar refractivity (Wildman–Crippen MR) is 89.5 cm³/mol. The molecule has 5 nitrogen and oxygen atoms in total. The number of nitrogens with one attached hydrogen (secondary N) is 1. The molecule has 0 aliphatic rings. The van der Waals surface area contributed by atoms with Crippen LogP contribution in [-0.4, -0.2) is 24.0 Å². The Morgan fingerprint density at radius 2 is 1.91 bits per heavy atom. The van der Waals surface area contributed by atoms with E-state index in [0.717, 1.165) is 18.4 Å². The lowest BCUT2D eigenvalue weighted by Crippen LogP contribution is -2.45. The van der Waals surface area contributed by atoms with Crippen LogP contribution in [0.5, 0.6) is 0 Å². The summed E-state index contributed by atoms with van der Waals surface area (Å²) in [6.07, 6.45) is 1.97. The third-order valence-electron chi connectivity index (χ3n) is 2.82. The number of unbranched alkanes of at least 4 members (excludes halogenated alkanes) is 1. The van der Waals surface area contributed by atoms with Gasteiger partial charge in [0.1, 0.15) is 6.61 Å². The topological polar surface area (TPSA) is 76.7 Å². The van der Waals surface area contributed by atoms with Crippen molar-refractivity contribution in [3.63, 3.8) is 0 Å². The molecular weight excluding hydrogens is 278 g/mol. The van der Waals surface area contributed by atoms with E-state index in [2.05, 4.69) is 10.3 Å². The molecule has 0 atom stereocenters. The van der Waals surface area contributed by atoms with E-state index >= 15 is 0 Å². The SMILES string of the molecule is CC(C)(C)NC(N)=NCCCCC(=O)OCc1ccccc1. The second-order valence-electron chi connectivity index (χ2n) is 6.25. The highest BCUT2D eigenvalue weighted by atomic mass is 16.5. The highest BCUT2D eigenvalue weighted by Crippen LogP contribution is 2.04. The van der Waals surface area contributed by atoms with Gasteiger partial charge < -0.3 is 15.8 Å². The summed E-state index contributed by atoms with van der Waals surface area (Å²) < 4.78 is 5.21. The summed E-state index contributed by atoms with van der Waals surface area (Å²) in [5, 5.41) is 3.09. The number of esters is 1. The van der Waals surface area contributed by atoms with Crippen molar-refractivity contribution in [1.29, 1.82) is 0 Å². The molecule has 1 rings (SSSR count). The molecule has 0 saturated heterocycles. The summed E-state index contributed by atoms with van der Waals surface area (Å²) >= 11 is 0. The average molecular weight is 305 g/mol. The van der Waals surface area contributed by atoms with Crippen LogP contribution < -0.4 is 11.1 Å². The van der Waals surface area contributed by atoms with E-state index in [4.69, 9.17) is 10.5 Å². The van der Waals surface area contributed by atoms with Crippen molar-refractivity contribution >= 4 is 11.9 Å². The molecule has 0 aliphatic carbocycles. The van der Waals surface area contributed by atoms with Crippen LogP contribution in [0.15, 0.2) is 35.3 Å². The maximum absolute atomic E-state index is 11.6. The van der Waals surface area contributed by atoms with E-state index in [1.54, 1.807) is 0 Å². The van der Waals surface area contributed by atoms with E-state index in [1.807, 2.05) is 51.1 Å². The quantitative estimate of drug-likeness (QED) is 0.351. The Morgan fingerprint density at radius 1 is 1.23 bits per heavy atom. The minimum atomic E-state index is -0.173. The molecule has 0 aromatic heterocycles. The van der Waals surface area contributed by atoms with Gasteiger partial charge in [-0.1, -0.05) is 30.3 Å². The fourth-order valence-corrected chi connectivity index (χ4v) is 1.81. The molecule has 3 N–H and O–H groups in total. The molecule has 0 aliphatic heterocycles. The highest BCUT2D eigenvalue weighted by Gasteiger charge is 2.09. The van der Waals surface area contributed by atoms with Crippen molar-refractivity contribution in [2.75, 3.05) is 6.54 Å². The Bertz CT molecular complexity index is 478. The fourth-order valence-electron chi connectivity index (χ4n) is 1.81. The summed E-state index contributed by atoms with van der Waals surface area (Å²) in [6, 6.07) is 9.67. The number of nitrogens with two attached hydrogens (primary N) is 1. The Kier molecular flexibility index (Phi) is 7.43. The first-order chi connectivity index (χ1) is 10.4. The largest absolute Gasteiger partial charge is 0.461 e. The first-order valence-electron chi connectivity index (χ1n) is 7.64. The van der Waals surface area contributed by atoms with Gasteiger partial charge in [-0.25, -0.2) is 0 Å². The lowest BCUT2D eigenvalue weighted by Gasteiger charge is -2.20. The zero-order chi connectivity index (χ0) is 16.4. The second-order valence-corrected chi connectivity index (χ2v) is 6.25. The number of guanidine groups is 1. The van der Waals surface area contributed by atoms with Gasteiger partial charge in [0.2, 0.25) is 0 Å². The first-order valence-corrected chi connectivity index (χ1v) is 7.64. The molecule has 0 fully saturated rings. The molecule has 0 bridgehead atoms. The van der Waals surface area contributed by atoms with E-state index < -0.39 is 0 Å². The van der Waals surface area contributed by atoms with Crippen molar-refractivity contribution in [3.05, 3.63) is 35.9 Å². The van der Waals surface area contributed by atoms with E-state index in [9.17, 15) is 4.79 Å². The lowest BCUT2D eigenvalue weighted by atomic mass is 10.1. The van der Waals surface area contributed by atoms with Crippen molar-refractivity contribution in [2.45, 2.75) is 52.2 Å². The predicted octanol–water partition coefficient (Wildman–Crippen LogP) is 2.60. The van der Waals surface area contributed by atoms with Crippen LogP contribution in [0.3, 0.4) is 0 Å². The molecule has 5 heteroatoms. The lowest BCUT2D eigenvalue weighted by molar-refractivity contribution is -0.145. The normalized spacial score (nSPS) is 12.0. The molecule has 1 aromatic carbocycles. The maximum Gasteiger partial charge on any atom is 0.306 e. The van der Waals surface area contributed by atoms with Gasteiger partial charge >= 0.3 is 5.97 Å². The molecule has 22 heavy (non-hydrogen) atoms. The van der Waals surface area contributed by atoms with Crippen LogP contribution in [0.25, 0.3) is 0 Å². The molecule has 0 unspecified atom stereocenters. The van der Waals surface area contributed by atoms with Crippen molar-refractivity contribution in [2.24, 2.45) is 10.7 Å². The zero-order valence-corrected chi connectivity index (χ0v) is 13.8. The Hall–Kier alpha value is -2.04. The zero-order valence-electron chi connectivity index (χ0n) is 13.8. The number of carbonyl (C=O) groups excluding carboxylic acids is 1. The van der Waals surface area contributed by atoms with Gasteiger partial charge in [-0.05, 0) is 39.2 Å². The monoisotopic (exact) mass is 305 g/mol. The van der Waals surface area contributed by atoms with Crippen LogP contribution in [0.4, 0.5) is 0 Å². The van der Waals surface area contributed by atoms with Gasteiger partial charge in [0.15, 0.2) is 5.96 Å². The molecule has 0 amide bonds. The van der Waals surface area contributed by atoms with Crippen LogP contribution >= 0.6 is 0 Å². The number of aliphatic imine (C=N–C) groups is 1. The van der Waals surface area contributed by atoms with E-state index in [0.29, 0.717) is 25.5 Å². The number of rotatable bonds is 7. The van der Waals surface area contributed by atoms with Gasteiger partial charge in [-0.3, -0.25) is 9.79 Å². The van der Waals surface area contributed by atoms with Crippen LogP contribution in [-0.2, 0) is 16.1 Å². The third-order valence-corrected chi connectivity index (χ3v) is 2.82. The fraction of sp³-hybridized carbons (Fsp3) is 0.529. The van der Waals surface area contributed by atoms with Crippen molar-refractivity contribution in [3.8, 4) is 0 Å². The number of nitrogens with zero attached hydrogens (tertiary/aromatic N) is 1. The molecule has 0 heterocycles. The maximum atomic E-state index is 11.6. The molecule has 1 aromatic rings. The van der Waals surface area contributed by atoms with Crippen LogP contribution in [0.2, 0.25) is 0 Å². The van der Waals surface area contributed by atoms with Gasteiger partial charge in [0, 0.05) is 18.5 Å². The summed E-state index contributed by atoms with van der Waals surface area (Å²) in [4.78, 5) is 15.8. The molecule has 0 saturated carbocycles. The van der Waals surface area contributed by atoms with Gasteiger partial charge in [-0.2, -0.15) is 0 Å². The first kappa shape index (κ1) is 18.0. The standard InChI is InChI=1S/C17H27N3O2/c1-17(2,3)20-16(18)19-12-8-7-11-15(21)22-13-14-9-5-4-6-10-14/h4-6,9-10H,7-8,11-13H2,1-3H3,(H3,18,19,20). The molecular formula is C17H27N3O2. The number of ether oxygens (including phenoxy) is 1. The van der Waals surface area contributed by atoms with Gasteiger partial charge in [0.25, 0.3) is 0 Å². The third kappa shape index (κ3) is 9.00. The second kappa shape index (κ2) is 9.07. The Morgan fingerprint density at radius 3 is 2.55 bits per heavy atom. The van der Waals surface area contributed by atoms with Crippen LogP contribution in [0, 0.1) is 0 Å². The molecule has 0 spiro atoms. The number of hydrogen-bond donors (Lipinski definition) is 2. The summed E-state index contributed by atoms with van der Waals surface area (Å²) in [6.45, 7) is 7.02. The van der Waals surface area contributed by atoms with Crippen LogP contribution in [0.1, 0.15) is 45.6 Å². The Labute approximate surface area is 133 Å². The van der Waals surface area contributed by atoms with Gasteiger partial charge in [0.05, 0.1) is 0 Å². The number of carbonyl (C=O) groups is 1. The van der Waals surface area contributed by atoms with Crippen molar-refractivity contribution in [1.82, 2.24) is 5.32 Å². The molecule has 0 radical (unpaired) electrons. The number of benzene rings is 1. The minimum Gasteiger partial charge on any atom is -0.461 e. The van der Waals surface area contributed by atoms with Crippen molar-refractivity contribution < 1.29 is 9.53 Å². The Balaban J connectivity index is 2.11. The molecule has 122 valence electrons. The highest BCUT2D eigenvalue weighted by molar-refractivity contribution is 5.78. The van der Waals surface area contributed by atoms with E-state index in [-0.39, 0.29) is 11.5 Å². The minimum absolute atomic E-state index is 0.0885. The summed E-state index contributed by atoms with van der Waals surface area (Å²) in [5.41, 5.74) is 6.67. The average Bonchev–Trinajstić information content (AvgIpc) is 2.44.